The van der Waals surface area contributed by atoms with Crippen LogP contribution in [0.5, 0.6) is 0 Å². The Morgan fingerprint density at radius 1 is 1.38 bits per heavy atom. The lowest BCUT2D eigenvalue weighted by Gasteiger charge is -2.32. The third kappa shape index (κ3) is 2.71. The molecule has 1 aromatic rings. The smallest absolute Gasteiger partial charge is 0.238 e. The molecule has 1 fully saturated rings. The molecular formula is C17H22N2O4S. The normalized spacial score (nSPS) is 19.4. The van der Waals surface area contributed by atoms with Crippen LogP contribution in [0.15, 0.2) is 30.9 Å². The summed E-state index contributed by atoms with van der Waals surface area (Å²) in [5.74, 6) is 0.0566. The summed E-state index contributed by atoms with van der Waals surface area (Å²) in [4.78, 5) is 14.8. The third-order valence-corrected chi connectivity index (χ3v) is 6.08. The van der Waals surface area contributed by atoms with Gasteiger partial charge in [0, 0.05) is 31.1 Å². The average Bonchev–Trinajstić information content (AvgIpc) is 2.79. The van der Waals surface area contributed by atoms with Gasteiger partial charge in [0.25, 0.3) is 0 Å². The number of hydrogen-bond donors (Lipinski definition) is 1. The summed E-state index contributed by atoms with van der Waals surface area (Å²) in [7, 11) is -3.36. The molecular weight excluding hydrogens is 328 g/mol. The topological polar surface area (TPSA) is 75.7 Å². The van der Waals surface area contributed by atoms with Crippen molar-refractivity contribution in [3.63, 3.8) is 0 Å². The van der Waals surface area contributed by atoms with Crippen LogP contribution in [0.2, 0.25) is 0 Å². The number of rotatable bonds is 5. The SMILES string of the molecule is C=CCN1C(=O)C2(CCOCC2)c2cc(NS(=O)(=O)CC)ccc21. The highest BCUT2D eigenvalue weighted by atomic mass is 32.2. The van der Waals surface area contributed by atoms with Gasteiger partial charge < -0.3 is 9.64 Å². The van der Waals surface area contributed by atoms with Gasteiger partial charge in [-0.15, -0.1) is 6.58 Å². The van der Waals surface area contributed by atoms with E-state index in [0.29, 0.717) is 38.3 Å². The van der Waals surface area contributed by atoms with Crippen LogP contribution in [0.25, 0.3) is 0 Å². The lowest BCUT2D eigenvalue weighted by atomic mass is 9.75. The molecule has 2 heterocycles. The molecule has 1 N–H and O–H groups in total. The number of anilines is 2. The predicted molar refractivity (Wildman–Crippen MR) is 93.8 cm³/mol. The van der Waals surface area contributed by atoms with Crippen molar-refractivity contribution in [3.8, 4) is 0 Å². The van der Waals surface area contributed by atoms with Gasteiger partial charge in [-0.2, -0.15) is 0 Å². The number of nitrogens with zero attached hydrogens (tertiary/aromatic N) is 1. The monoisotopic (exact) mass is 350 g/mol. The Morgan fingerprint density at radius 2 is 2.08 bits per heavy atom. The van der Waals surface area contributed by atoms with Crippen molar-refractivity contribution in [1.29, 1.82) is 0 Å². The predicted octanol–water partition coefficient (Wildman–Crippen LogP) is 2.03. The van der Waals surface area contributed by atoms with Crippen LogP contribution >= 0.6 is 0 Å². The zero-order chi connectivity index (χ0) is 17.4. The minimum absolute atomic E-state index is 0.00455. The van der Waals surface area contributed by atoms with E-state index in [1.807, 2.05) is 6.07 Å². The fraction of sp³-hybridized carbons (Fsp3) is 0.471. The first-order valence-corrected chi connectivity index (χ1v) is 9.74. The van der Waals surface area contributed by atoms with Gasteiger partial charge in [0.2, 0.25) is 15.9 Å². The van der Waals surface area contributed by atoms with E-state index in [1.54, 1.807) is 30.0 Å². The lowest BCUT2D eigenvalue weighted by molar-refractivity contribution is -0.126. The molecule has 0 radical (unpaired) electrons. The Balaban J connectivity index is 2.07. The summed E-state index contributed by atoms with van der Waals surface area (Å²) >= 11 is 0. The average molecular weight is 350 g/mol. The van der Waals surface area contributed by atoms with Gasteiger partial charge in [0.1, 0.15) is 0 Å². The Labute approximate surface area is 142 Å². The van der Waals surface area contributed by atoms with Crippen molar-refractivity contribution in [3.05, 3.63) is 36.4 Å². The summed E-state index contributed by atoms with van der Waals surface area (Å²) in [6.07, 6.45) is 2.92. The van der Waals surface area contributed by atoms with E-state index in [2.05, 4.69) is 11.3 Å². The first-order valence-electron chi connectivity index (χ1n) is 8.09. The molecule has 7 heteroatoms. The molecule has 2 aliphatic heterocycles. The van der Waals surface area contributed by atoms with Crippen LogP contribution in [0.1, 0.15) is 25.3 Å². The Bertz CT molecular complexity index is 767. The molecule has 0 atom stereocenters. The van der Waals surface area contributed by atoms with Gasteiger partial charge in [-0.1, -0.05) is 6.08 Å². The maximum Gasteiger partial charge on any atom is 0.238 e. The maximum atomic E-state index is 13.1. The number of nitrogens with one attached hydrogen (secondary N) is 1. The Morgan fingerprint density at radius 3 is 2.71 bits per heavy atom. The van der Waals surface area contributed by atoms with E-state index < -0.39 is 15.4 Å². The molecule has 0 aromatic heterocycles. The van der Waals surface area contributed by atoms with Gasteiger partial charge in [-0.25, -0.2) is 8.42 Å². The van der Waals surface area contributed by atoms with Crippen LogP contribution in [-0.2, 0) is 25.0 Å². The number of fused-ring (bicyclic) bond motifs is 2. The van der Waals surface area contributed by atoms with E-state index in [-0.39, 0.29) is 11.7 Å². The molecule has 1 spiro atoms. The van der Waals surface area contributed by atoms with Crippen LogP contribution in [-0.4, -0.2) is 39.8 Å². The maximum absolute atomic E-state index is 13.1. The van der Waals surface area contributed by atoms with Crippen molar-refractivity contribution < 1.29 is 17.9 Å². The largest absolute Gasteiger partial charge is 0.381 e. The van der Waals surface area contributed by atoms with Crippen LogP contribution in [0.3, 0.4) is 0 Å². The standard InChI is InChI=1S/C17H22N2O4S/c1-3-9-19-15-6-5-13(18-24(21,22)4-2)12-14(15)17(16(19)20)7-10-23-11-8-17/h3,5-6,12,18H,1,4,7-11H2,2H3. The van der Waals surface area contributed by atoms with Crippen molar-refractivity contribution in [1.82, 2.24) is 0 Å². The molecule has 0 bridgehead atoms. The van der Waals surface area contributed by atoms with E-state index in [1.165, 1.54) is 0 Å². The quantitative estimate of drug-likeness (QED) is 0.825. The van der Waals surface area contributed by atoms with E-state index >= 15 is 0 Å². The number of carbonyl (C=O) groups is 1. The molecule has 0 unspecified atom stereocenters. The van der Waals surface area contributed by atoms with E-state index in [4.69, 9.17) is 4.74 Å². The summed E-state index contributed by atoms with van der Waals surface area (Å²) < 4.78 is 31.7. The minimum atomic E-state index is -3.36. The summed E-state index contributed by atoms with van der Waals surface area (Å²) in [5.41, 5.74) is 1.59. The van der Waals surface area contributed by atoms with Crippen LogP contribution in [0, 0.1) is 0 Å². The van der Waals surface area contributed by atoms with Crippen molar-refractivity contribution in [2.24, 2.45) is 0 Å². The molecule has 1 saturated heterocycles. The second-order valence-corrected chi connectivity index (χ2v) is 8.15. The van der Waals surface area contributed by atoms with Gasteiger partial charge in [0.05, 0.1) is 11.2 Å². The molecule has 0 aliphatic carbocycles. The van der Waals surface area contributed by atoms with E-state index in [0.717, 1.165) is 11.3 Å². The Hall–Kier alpha value is -1.86. The fourth-order valence-corrected chi connectivity index (χ4v) is 4.10. The second kappa shape index (κ2) is 6.22. The zero-order valence-corrected chi connectivity index (χ0v) is 14.6. The molecule has 1 aromatic carbocycles. The highest BCUT2D eigenvalue weighted by molar-refractivity contribution is 7.92. The van der Waals surface area contributed by atoms with Gasteiger partial charge in [0.15, 0.2) is 0 Å². The van der Waals surface area contributed by atoms with Gasteiger partial charge >= 0.3 is 0 Å². The molecule has 6 nitrogen and oxygen atoms in total. The Kier molecular flexibility index (Phi) is 4.40. The fourth-order valence-electron chi connectivity index (χ4n) is 3.47. The summed E-state index contributed by atoms with van der Waals surface area (Å²) in [6.45, 7) is 6.81. The number of amides is 1. The number of carbonyl (C=O) groups excluding carboxylic acids is 1. The van der Waals surface area contributed by atoms with Crippen molar-refractivity contribution in [2.45, 2.75) is 25.2 Å². The van der Waals surface area contributed by atoms with Crippen LogP contribution in [0.4, 0.5) is 11.4 Å². The second-order valence-electron chi connectivity index (χ2n) is 6.14. The van der Waals surface area contributed by atoms with Gasteiger partial charge in [-0.3, -0.25) is 9.52 Å². The van der Waals surface area contributed by atoms with E-state index in [9.17, 15) is 13.2 Å². The molecule has 130 valence electrons. The third-order valence-electron chi connectivity index (χ3n) is 4.77. The summed E-state index contributed by atoms with van der Waals surface area (Å²) in [6, 6.07) is 5.32. The highest BCUT2D eigenvalue weighted by Gasteiger charge is 2.51. The van der Waals surface area contributed by atoms with Gasteiger partial charge in [-0.05, 0) is 43.5 Å². The molecule has 0 saturated carbocycles. The molecule has 3 rings (SSSR count). The first kappa shape index (κ1) is 17.0. The van der Waals surface area contributed by atoms with Crippen molar-refractivity contribution in [2.75, 3.05) is 35.1 Å². The minimum Gasteiger partial charge on any atom is -0.381 e. The number of hydrogen-bond acceptors (Lipinski definition) is 4. The number of sulfonamides is 1. The van der Waals surface area contributed by atoms with Crippen molar-refractivity contribution >= 4 is 27.3 Å². The number of ether oxygens (including phenoxy) is 1. The molecule has 24 heavy (non-hydrogen) atoms. The zero-order valence-electron chi connectivity index (χ0n) is 13.7. The van der Waals surface area contributed by atoms with Crippen LogP contribution < -0.4 is 9.62 Å². The molecule has 1 amide bonds. The first-order chi connectivity index (χ1) is 11.4. The molecule has 2 aliphatic rings. The number of benzene rings is 1. The highest BCUT2D eigenvalue weighted by Crippen LogP contribution is 2.48. The lowest BCUT2D eigenvalue weighted by Crippen LogP contribution is -2.44. The summed E-state index contributed by atoms with van der Waals surface area (Å²) in [5, 5.41) is 0.